The van der Waals surface area contributed by atoms with Crippen LogP contribution in [0.4, 0.5) is 10.7 Å². The number of aryl methyl sites for hydroxylation is 1. The molecular formula is C27H35N7O4S. The van der Waals surface area contributed by atoms with E-state index in [0.29, 0.717) is 46.2 Å². The number of amides is 2. The molecule has 3 aromatic rings. The minimum absolute atomic E-state index is 0.0916. The number of ether oxygens (including phenoxy) is 2. The van der Waals surface area contributed by atoms with Gasteiger partial charge in [-0.15, -0.1) is 11.8 Å². The number of aromatic nitrogens is 5. The van der Waals surface area contributed by atoms with Crippen molar-refractivity contribution in [3.05, 3.63) is 34.3 Å². The van der Waals surface area contributed by atoms with Gasteiger partial charge in [0.25, 0.3) is 0 Å². The summed E-state index contributed by atoms with van der Waals surface area (Å²) in [5, 5.41) is 11.8. The van der Waals surface area contributed by atoms with Gasteiger partial charge in [-0.3, -0.25) is 15.1 Å². The lowest BCUT2D eigenvalue weighted by Crippen LogP contribution is -2.28. The SMILES string of the molecule is CCCCNC(=O)C1=Cc2nn(Cc3ncc(C)c(OC)c3C)c3nc(NC(=O)OC(C)(C)C)nc(c23)SC1. The van der Waals surface area contributed by atoms with Gasteiger partial charge in [0, 0.05) is 35.2 Å². The number of methoxy groups -OCH3 is 1. The largest absolute Gasteiger partial charge is 0.496 e. The lowest BCUT2D eigenvalue weighted by molar-refractivity contribution is -0.117. The van der Waals surface area contributed by atoms with E-state index in [2.05, 4.69) is 32.5 Å². The maximum Gasteiger partial charge on any atom is 0.414 e. The van der Waals surface area contributed by atoms with E-state index in [1.165, 1.54) is 11.8 Å². The van der Waals surface area contributed by atoms with E-state index in [-0.39, 0.29) is 11.9 Å². The van der Waals surface area contributed by atoms with Gasteiger partial charge in [0.15, 0.2) is 5.65 Å². The molecule has 0 spiro atoms. The summed E-state index contributed by atoms with van der Waals surface area (Å²) >= 11 is 1.40. The molecule has 1 aliphatic rings. The first-order valence-corrected chi connectivity index (χ1v) is 13.9. The zero-order valence-electron chi connectivity index (χ0n) is 23.5. The first-order chi connectivity index (χ1) is 18.5. The average molecular weight is 554 g/mol. The maximum atomic E-state index is 12.9. The molecule has 0 aromatic carbocycles. The highest BCUT2D eigenvalue weighted by molar-refractivity contribution is 7.99. The van der Waals surface area contributed by atoms with Crippen LogP contribution in [0.1, 0.15) is 63.1 Å². The molecule has 4 rings (SSSR count). The van der Waals surface area contributed by atoms with Crippen LogP contribution in [0, 0.1) is 13.8 Å². The van der Waals surface area contributed by atoms with E-state index in [0.717, 1.165) is 35.4 Å². The van der Waals surface area contributed by atoms with Crippen LogP contribution in [-0.2, 0) is 16.1 Å². The Bertz CT molecular complexity index is 1440. The van der Waals surface area contributed by atoms with Gasteiger partial charge in [0.1, 0.15) is 16.4 Å². The van der Waals surface area contributed by atoms with E-state index in [9.17, 15) is 9.59 Å². The van der Waals surface area contributed by atoms with E-state index in [1.54, 1.807) is 44.8 Å². The van der Waals surface area contributed by atoms with Gasteiger partial charge in [0.05, 0.1) is 30.4 Å². The molecule has 12 heteroatoms. The molecule has 0 fully saturated rings. The summed E-state index contributed by atoms with van der Waals surface area (Å²) in [6.45, 7) is 12.2. The van der Waals surface area contributed by atoms with Crippen LogP contribution in [0.25, 0.3) is 17.1 Å². The quantitative estimate of drug-likeness (QED) is 0.302. The fourth-order valence-electron chi connectivity index (χ4n) is 4.18. The Hall–Kier alpha value is -3.67. The number of unbranched alkanes of at least 4 members (excludes halogenated alkanes) is 1. The number of nitrogens with one attached hydrogen (secondary N) is 2. The van der Waals surface area contributed by atoms with Gasteiger partial charge in [-0.05, 0) is 47.1 Å². The van der Waals surface area contributed by atoms with Crippen LogP contribution in [-0.4, -0.2) is 61.7 Å². The molecular weight excluding hydrogens is 518 g/mol. The molecule has 0 saturated carbocycles. The third-order valence-electron chi connectivity index (χ3n) is 6.03. The van der Waals surface area contributed by atoms with Crippen molar-refractivity contribution in [3.63, 3.8) is 0 Å². The van der Waals surface area contributed by atoms with Gasteiger partial charge in [-0.25, -0.2) is 14.5 Å². The number of nitrogens with zero attached hydrogens (tertiary/aromatic N) is 5. The van der Waals surface area contributed by atoms with E-state index >= 15 is 0 Å². The molecule has 0 unspecified atom stereocenters. The van der Waals surface area contributed by atoms with Crippen LogP contribution in [0.5, 0.6) is 5.75 Å². The van der Waals surface area contributed by atoms with Crippen molar-refractivity contribution in [2.75, 3.05) is 24.7 Å². The first kappa shape index (κ1) is 28.3. The smallest absolute Gasteiger partial charge is 0.414 e. The summed E-state index contributed by atoms with van der Waals surface area (Å²) in [5.41, 5.74) is 3.61. The Morgan fingerprint density at radius 2 is 1.97 bits per heavy atom. The summed E-state index contributed by atoms with van der Waals surface area (Å²) in [6, 6.07) is 0. The number of pyridine rings is 1. The second-order valence-corrected chi connectivity index (χ2v) is 11.3. The summed E-state index contributed by atoms with van der Waals surface area (Å²) in [7, 11) is 1.63. The van der Waals surface area contributed by atoms with Crippen molar-refractivity contribution in [1.82, 2.24) is 30.0 Å². The highest BCUT2D eigenvalue weighted by Gasteiger charge is 2.26. The topological polar surface area (TPSA) is 133 Å². The molecule has 0 bridgehead atoms. The van der Waals surface area contributed by atoms with Crippen LogP contribution in [0.2, 0.25) is 0 Å². The minimum atomic E-state index is -0.679. The van der Waals surface area contributed by atoms with Crippen molar-refractivity contribution < 1.29 is 19.1 Å². The Kier molecular flexibility index (Phi) is 8.43. The number of hydrogen-bond donors (Lipinski definition) is 2. The molecule has 0 saturated heterocycles. The summed E-state index contributed by atoms with van der Waals surface area (Å²) in [5.74, 6) is 1.13. The third kappa shape index (κ3) is 6.49. The molecule has 4 heterocycles. The Morgan fingerprint density at radius 3 is 2.67 bits per heavy atom. The predicted molar refractivity (Wildman–Crippen MR) is 151 cm³/mol. The standard InChI is InChI=1S/C27H35N7O4S/c1-8-9-10-28-23(35)17-11-18-20-22(34(33-18)13-19-16(3)21(37-7)15(2)12-29-19)30-25(31-24(20)39-14-17)32-26(36)38-27(4,5)6/h11-12H,8-10,13-14H2,1-7H3,(H,28,35)(H,30,31,32,36). The van der Waals surface area contributed by atoms with Crippen molar-refractivity contribution in [3.8, 4) is 5.75 Å². The summed E-state index contributed by atoms with van der Waals surface area (Å²) < 4.78 is 12.7. The molecule has 1 aliphatic heterocycles. The molecule has 0 radical (unpaired) electrons. The molecule has 39 heavy (non-hydrogen) atoms. The number of carbonyl (C=O) groups is 2. The highest BCUT2D eigenvalue weighted by Crippen LogP contribution is 2.35. The fourth-order valence-corrected chi connectivity index (χ4v) is 5.18. The first-order valence-electron chi connectivity index (χ1n) is 12.9. The van der Waals surface area contributed by atoms with Crippen molar-refractivity contribution in [2.45, 2.75) is 71.6 Å². The van der Waals surface area contributed by atoms with Crippen LogP contribution in [0.15, 0.2) is 16.8 Å². The summed E-state index contributed by atoms with van der Waals surface area (Å²) in [6.07, 6.45) is 4.80. The Balaban J connectivity index is 1.78. The Morgan fingerprint density at radius 1 is 1.21 bits per heavy atom. The van der Waals surface area contributed by atoms with E-state index in [4.69, 9.17) is 14.6 Å². The average Bonchev–Trinajstić information content (AvgIpc) is 3.07. The van der Waals surface area contributed by atoms with Crippen molar-refractivity contribution in [2.24, 2.45) is 0 Å². The van der Waals surface area contributed by atoms with Gasteiger partial charge in [0.2, 0.25) is 11.9 Å². The van der Waals surface area contributed by atoms with Gasteiger partial charge < -0.3 is 14.8 Å². The molecule has 0 atom stereocenters. The molecule has 0 aliphatic carbocycles. The fraction of sp³-hybridized carbons (Fsp3) is 0.481. The van der Waals surface area contributed by atoms with E-state index in [1.807, 2.05) is 13.8 Å². The van der Waals surface area contributed by atoms with Gasteiger partial charge in [-0.1, -0.05) is 13.3 Å². The molecule has 208 valence electrons. The molecule has 11 nitrogen and oxygen atoms in total. The second kappa shape index (κ2) is 11.6. The highest BCUT2D eigenvalue weighted by atomic mass is 32.2. The number of hydrogen-bond acceptors (Lipinski definition) is 9. The number of carbonyl (C=O) groups excluding carboxylic acids is 2. The summed E-state index contributed by atoms with van der Waals surface area (Å²) in [4.78, 5) is 39.3. The normalized spacial score (nSPS) is 13.1. The number of rotatable bonds is 8. The molecule has 2 N–H and O–H groups in total. The monoisotopic (exact) mass is 553 g/mol. The minimum Gasteiger partial charge on any atom is -0.496 e. The zero-order chi connectivity index (χ0) is 28.3. The zero-order valence-corrected chi connectivity index (χ0v) is 24.3. The van der Waals surface area contributed by atoms with Crippen LogP contribution in [0.3, 0.4) is 0 Å². The van der Waals surface area contributed by atoms with Gasteiger partial charge in [-0.2, -0.15) is 10.1 Å². The third-order valence-corrected chi connectivity index (χ3v) is 7.05. The predicted octanol–water partition coefficient (Wildman–Crippen LogP) is 4.65. The second-order valence-electron chi connectivity index (χ2n) is 10.3. The number of thioether (sulfide) groups is 1. The van der Waals surface area contributed by atoms with Crippen molar-refractivity contribution >= 4 is 46.8 Å². The lowest BCUT2D eigenvalue weighted by Gasteiger charge is -2.19. The maximum absolute atomic E-state index is 12.9. The van der Waals surface area contributed by atoms with Gasteiger partial charge >= 0.3 is 6.09 Å². The number of anilines is 1. The van der Waals surface area contributed by atoms with Crippen LogP contribution < -0.4 is 15.4 Å². The van der Waals surface area contributed by atoms with Crippen molar-refractivity contribution in [1.29, 1.82) is 0 Å². The van der Waals surface area contributed by atoms with Crippen LogP contribution >= 0.6 is 11.8 Å². The Labute approximate surface area is 232 Å². The van der Waals surface area contributed by atoms with E-state index < -0.39 is 11.7 Å². The lowest BCUT2D eigenvalue weighted by atomic mass is 10.1. The molecule has 2 amide bonds. The molecule has 3 aromatic heterocycles.